The van der Waals surface area contributed by atoms with Gasteiger partial charge < -0.3 is 5.11 Å². The number of benzene rings is 3. The van der Waals surface area contributed by atoms with Crippen LogP contribution in [0.4, 0.5) is 11.5 Å². The van der Waals surface area contributed by atoms with Crippen molar-refractivity contribution in [1.29, 1.82) is 0 Å². The molecular weight excluding hydrogens is 549 g/mol. The van der Waals surface area contributed by atoms with Crippen molar-refractivity contribution in [2.45, 2.75) is 31.2 Å². The number of hydrogen-bond donors (Lipinski definition) is 2. The zero-order valence-corrected chi connectivity index (χ0v) is 22.9. The van der Waals surface area contributed by atoms with Crippen LogP contribution >= 0.6 is 23.2 Å². The van der Waals surface area contributed by atoms with E-state index in [1.165, 1.54) is 18.2 Å². The third-order valence-electron chi connectivity index (χ3n) is 6.08. The number of carboxylic acids is 1. The van der Waals surface area contributed by atoms with Gasteiger partial charge >= 0.3 is 5.97 Å². The fourth-order valence-corrected chi connectivity index (χ4v) is 5.95. The molecule has 0 aliphatic heterocycles. The van der Waals surface area contributed by atoms with Crippen LogP contribution in [0.15, 0.2) is 71.9 Å². The first kappa shape index (κ1) is 27.6. The molecule has 1 atom stereocenters. The van der Waals surface area contributed by atoms with Gasteiger partial charge in [-0.15, -0.1) is 0 Å². The van der Waals surface area contributed by atoms with Gasteiger partial charge in [-0.3, -0.25) is 19.1 Å². The lowest BCUT2D eigenvalue weighted by atomic mass is 10.0. The summed E-state index contributed by atoms with van der Waals surface area (Å²) in [5, 5.41) is 12.8. The van der Waals surface area contributed by atoms with Crippen molar-refractivity contribution in [3.8, 4) is 11.3 Å². The molecular formula is C26H25Cl2N5O4S. The average Bonchev–Trinajstić information content (AvgIpc) is 2.89. The summed E-state index contributed by atoms with van der Waals surface area (Å²) >= 11 is 12.0. The summed E-state index contributed by atoms with van der Waals surface area (Å²) in [5.74, 6) is 5.35. The summed E-state index contributed by atoms with van der Waals surface area (Å²) in [6.45, 7) is 3.25. The van der Waals surface area contributed by atoms with E-state index >= 15 is 0 Å². The quantitative estimate of drug-likeness (QED) is 0.202. The fourth-order valence-electron chi connectivity index (χ4n) is 3.82. The van der Waals surface area contributed by atoms with E-state index in [2.05, 4.69) is 9.97 Å². The summed E-state index contributed by atoms with van der Waals surface area (Å²) in [4.78, 5) is 20.3. The van der Waals surface area contributed by atoms with Gasteiger partial charge in [-0.05, 0) is 60.5 Å². The second-order valence-electron chi connectivity index (χ2n) is 8.68. The minimum absolute atomic E-state index is 0.116. The monoisotopic (exact) mass is 573 g/mol. The summed E-state index contributed by atoms with van der Waals surface area (Å²) in [7, 11) is -4.28. The third kappa shape index (κ3) is 5.83. The van der Waals surface area contributed by atoms with Crippen LogP contribution in [0, 0.1) is 0 Å². The Balaban J connectivity index is 1.69. The van der Waals surface area contributed by atoms with Crippen LogP contribution in [-0.4, -0.2) is 42.0 Å². The van der Waals surface area contributed by atoms with Gasteiger partial charge in [0, 0.05) is 21.7 Å². The van der Waals surface area contributed by atoms with E-state index in [9.17, 15) is 18.3 Å². The molecule has 198 valence electrons. The van der Waals surface area contributed by atoms with Crippen molar-refractivity contribution in [2.75, 3.05) is 15.9 Å². The van der Waals surface area contributed by atoms with Crippen LogP contribution in [0.2, 0.25) is 10.0 Å². The molecule has 0 radical (unpaired) electrons. The molecule has 0 bridgehead atoms. The van der Waals surface area contributed by atoms with Gasteiger partial charge in [-0.2, -0.15) is 0 Å². The van der Waals surface area contributed by atoms with Crippen molar-refractivity contribution in [3.63, 3.8) is 0 Å². The van der Waals surface area contributed by atoms with E-state index in [-0.39, 0.29) is 26.7 Å². The highest BCUT2D eigenvalue weighted by Crippen LogP contribution is 2.31. The van der Waals surface area contributed by atoms with Gasteiger partial charge in [0.2, 0.25) is 0 Å². The topological polar surface area (TPSA) is 130 Å². The van der Waals surface area contributed by atoms with Gasteiger partial charge in [0.05, 0.1) is 28.7 Å². The first-order chi connectivity index (χ1) is 18.0. The van der Waals surface area contributed by atoms with Gasteiger partial charge in [-0.1, -0.05) is 48.3 Å². The summed E-state index contributed by atoms with van der Waals surface area (Å²) in [6, 6.07) is 14.4. The van der Waals surface area contributed by atoms with Gasteiger partial charge in [-0.25, -0.2) is 19.2 Å². The molecule has 0 saturated carbocycles. The fraction of sp³-hybridized carbons (Fsp3) is 0.192. The number of hydrogen-bond acceptors (Lipinski definition) is 7. The number of hydrazine groups is 1. The lowest BCUT2D eigenvalue weighted by molar-refractivity contribution is -0.135. The molecule has 38 heavy (non-hydrogen) atoms. The van der Waals surface area contributed by atoms with Crippen molar-refractivity contribution in [3.05, 3.63) is 77.0 Å². The van der Waals surface area contributed by atoms with E-state index in [0.29, 0.717) is 16.9 Å². The third-order valence-corrected chi connectivity index (χ3v) is 8.27. The van der Waals surface area contributed by atoms with E-state index in [1.54, 1.807) is 41.7 Å². The zero-order valence-electron chi connectivity index (χ0n) is 20.5. The molecule has 1 unspecified atom stereocenters. The highest BCUT2D eigenvalue weighted by Gasteiger charge is 2.28. The molecule has 4 aromatic rings. The Morgan fingerprint density at radius 3 is 2.26 bits per heavy atom. The Labute approximate surface area is 230 Å². The highest BCUT2D eigenvalue weighted by molar-refractivity contribution is 7.92. The Kier molecular flexibility index (Phi) is 8.08. The van der Waals surface area contributed by atoms with E-state index in [4.69, 9.17) is 29.0 Å². The van der Waals surface area contributed by atoms with Gasteiger partial charge in [0.15, 0.2) is 5.82 Å². The smallest absolute Gasteiger partial charge is 0.324 e. The van der Waals surface area contributed by atoms with Crippen molar-refractivity contribution in [1.82, 2.24) is 9.97 Å². The molecule has 4 rings (SSSR count). The number of rotatable bonds is 9. The Hall–Kier alpha value is -3.44. The van der Waals surface area contributed by atoms with Crippen LogP contribution in [0.3, 0.4) is 0 Å². The number of fused-ring (bicyclic) bond motifs is 1. The summed E-state index contributed by atoms with van der Waals surface area (Å²) in [6.07, 6.45) is 4.13. The molecule has 3 N–H and O–H groups in total. The molecule has 3 aromatic carbocycles. The highest BCUT2D eigenvalue weighted by atomic mass is 35.5. The number of sulfonamides is 1. The average molecular weight is 574 g/mol. The largest absolute Gasteiger partial charge is 0.480 e. The van der Waals surface area contributed by atoms with Crippen LogP contribution in [0.25, 0.3) is 22.0 Å². The lowest BCUT2D eigenvalue weighted by Crippen LogP contribution is -2.39. The van der Waals surface area contributed by atoms with E-state index in [1.807, 2.05) is 26.0 Å². The molecule has 1 heterocycles. The summed E-state index contributed by atoms with van der Waals surface area (Å²) < 4.78 is 27.6. The molecule has 0 aliphatic rings. The van der Waals surface area contributed by atoms with Gasteiger partial charge in [0.1, 0.15) is 6.54 Å². The molecule has 1 aromatic heterocycles. The van der Waals surface area contributed by atoms with Crippen LogP contribution in [0.1, 0.15) is 20.3 Å². The van der Waals surface area contributed by atoms with Crippen molar-refractivity contribution in [2.24, 2.45) is 5.84 Å². The maximum Gasteiger partial charge on any atom is 0.324 e. The lowest BCUT2D eigenvalue weighted by Gasteiger charge is -2.23. The minimum Gasteiger partial charge on any atom is -0.480 e. The van der Waals surface area contributed by atoms with Gasteiger partial charge in [0.25, 0.3) is 10.0 Å². The molecule has 0 saturated heterocycles. The number of aromatic nitrogens is 2. The van der Waals surface area contributed by atoms with Crippen molar-refractivity contribution >= 4 is 61.5 Å². The zero-order chi connectivity index (χ0) is 27.6. The Morgan fingerprint density at radius 1 is 1.00 bits per heavy atom. The molecule has 9 nitrogen and oxygen atoms in total. The van der Waals surface area contributed by atoms with Crippen LogP contribution in [-0.2, 0) is 14.8 Å². The maximum atomic E-state index is 13.4. The number of aliphatic carboxylic acids is 1. The molecule has 0 amide bonds. The standard InChI is InChI=1S/C26H25Cl2N5O4S/c1-3-16(2)33(29)25-14-30-24(13-31-25)19-5-4-18-9-22(7-6-17(18)8-19)32(15-26(34)35)38(36,37)23-11-20(27)10-21(28)12-23/h4-14,16H,3,15,29H2,1-2H3,(H,34,35). The van der Waals surface area contributed by atoms with Crippen molar-refractivity contribution < 1.29 is 18.3 Å². The predicted octanol–water partition coefficient (Wildman–Crippen LogP) is 5.36. The van der Waals surface area contributed by atoms with E-state index in [0.717, 1.165) is 21.7 Å². The first-order valence-corrected chi connectivity index (χ1v) is 13.8. The summed E-state index contributed by atoms with van der Waals surface area (Å²) in [5.41, 5.74) is 1.63. The first-order valence-electron chi connectivity index (χ1n) is 11.6. The molecule has 0 aliphatic carbocycles. The second-order valence-corrected chi connectivity index (χ2v) is 11.4. The predicted molar refractivity (Wildman–Crippen MR) is 150 cm³/mol. The number of nitrogens with zero attached hydrogens (tertiary/aromatic N) is 4. The molecule has 0 fully saturated rings. The molecule has 12 heteroatoms. The van der Waals surface area contributed by atoms with Crippen LogP contribution < -0.4 is 15.2 Å². The number of carboxylic acid groups (broad SMARTS) is 1. The van der Waals surface area contributed by atoms with Crippen LogP contribution in [0.5, 0.6) is 0 Å². The minimum atomic E-state index is -4.28. The number of nitrogens with two attached hydrogens (primary N) is 1. The SMILES string of the molecule is CCC(C)N(N)c1cnc(-c2ccc3cc(N(CC(=O)O)S(=O)(=O)c4cc(Cl)cc(Cl)c4)ccc3c2)cn1. The second kappa shape index (κ2) is 11.1. The Bertz CT molecular complexity index is 1580. The number of anilines is 2. The van der Waals surface area contributed by atoms with E-state index < -0.39 is 22.5 Å². The Morgan fingerprint density at radius 2 is 1.66 bits per heavy atom. The number of carbonyl (C=O) groups is 1. The normalized spacial score (nSPS) is 12.3. The molecule has 0 spiro atoms. The maximum absolute atomic E-state index is 13.4. The number of halogens is 2.